The molecule has 3 nitrogen and oxygen atoms in total. The van der Waals surface area contributed by atoms with Gasteiger partial charge in [0.2, 0.25) is 0 Å². The maximum atomic E-state index is 5.03. The van der Waals surface area contributed by atoms with E-state index in [9.17, 15) is 0 Å². The summed E-state index contributed by atoms with van der Waals surface area (Å²) in [6.45, 7) is 6.27. The highest BCUT2D eigenvalue weighted by Crippen LogP contribution is 2.47. The van der Waals surface area contributed by atoms with Crippen LogP contribution >= 0.6 is 0 Å². The van der Waals surface area contributed by atoms with E-state index in [-0.39, 0.29) is 0 Å². The molecule has 0 N–H and O–H groups in total. The van der Waals surface area contributed by atoms with E-state index in [0.717, 1.165) is 28.0 Å². The van der Waals surface area contributed by atoms with Gasteiger partial charge in [-0.25, -0.2) is 9.98 Å². The zero-order chi connectivity index (χ0) is 29.9. The lowest BCUT2D eigenvalue weighted by Gasteiger charge is -2.28. The average Bonchev–Trinajstić information content (AvgIpc) is 3.43. The Balaban J connectivity index is 1.18. The van der Waals surface area contributed by atoms with E-state index in [1.165, 1.54) is 22.5 Å². The molecule has 1 heterocycles. The molecule has 212 valence electrons. The van der Waals surface area contributed by atoms with Crippen LogP contribution < -0.4 is 4.90 Å². The maximum Gasteiger partial charge on any atom is 0.160 e. The molecule has 0 saturated carbocycles. The van der Waals surface area contributed by atoms with Crippen molar-refractivity contribution in [2.75, 3.05) is 4.90 Å². The van der Waals surface area contributed by atoms with Crippen LogP contribution in [0, 0.1) is 0 Å². The number of amidine groups is 1. The van der Waals surface area contributed by atoms with Crippen molar-refractivity contribution in [1.29, 1.82) is 0 Å². The summed E-state index contributed by atoms with van der Waals surface area (Å²) in [6.07, 6.45) is 8.96. The summed E-state index contributed by atoms with van der Waals surface area (Å²) in [4.78, 5) is 12.4. The fraction of sp³-hybridized carbons (Fsp3) is 0.0732. The molecule has 0 amide bonds. The largest absolute Gasteiger partial charge is 0.333 e. The monoisotopic (exact) mass is 567 g/mol. The SMILES string of the molecule is C=C(N=C(N=C(C)c1cccc(-c2ccc(N3c4ccccc4C4C=CC=CC43)cc2)c1)c1ccccc1)c1ccccc1. The van der Waals surface area contributed by atoms with Gasteiger partial charge < -0.3 is 4.90 Å². The number of aliphatic imine (C=N–C) groups is 2. The Kier molecular flexibility index (Phi) is 7.44. The van der Waals surface area contributed by atoms with Gasteiger partial charge in [-0.2, -0.15) is 0 Å². The fourth-order valence-corrected chi connectivity index (χ4v) is 6.12. The highest BCUT2D eigenvalue weighted by Gasteiger charge is 2.36. The van der Waals surface area contributed by atoms with E-state index in [1.807, 2.05) is 67.6 Å². The second-order valence-corrected chi connectivity index (χ2v) is 11.2. The summed E-state index contributed by atoms with van der Waals surface area (Å²) < 4.78 is 0. The van der Waals surface area contributed by atoms with Crippen LogP contribution in [0.5, 0.6) is 0 Å². The topological polar surface area (TPSA) is 28.0 Å². The summed E-state index contributed by atoms with van der Waals surface area (Å²) >= 11 is 0. The molecule has 0 aromatic heterocycles. The van der Waals surface area contributed by atoms with Gasteiger partial charge in [-0.1, -0.05) is 140 Å². The van der Waals surface area contributed by atoms with Gasteiger partial charge in [0.1, 0.15) is 0 Å². The number of benzene rings is 5. The van der Waals surface area contributed by atoms with Crippen molar-refractivity contribution in [3.05, 3.63) is 187 Å². The van der Waals surface area contributed by atoms with Crippen LogP contribution in [0.15, 0.2) is 174 Å². The normalized spacial score (nSPS) is 17.3. The molecule has 2 unspecified atom stereocenters. The second kappa shape index (κ2) is 12.0. The lowest BCUT2D eigenvalue weighted by molar-refractivity contribution is 0.745. The van der Waals surface area contributed by atoms with Crippen molar-refractivity contribution in [2.24, 2.45) is 9.98 Å². The second-order valence-electron chi connectivity index (χ2n) is 11.2. The molecule has 0 fully saturated rings. The van der Waals surface area contributed by atoms with Gasteiger partial charge in [-0.15, -0.1) is 0 Å². The quantitative estimate of drug-likeness (QED) is 0.148. The highest BCUT2D eigenvalue weighted by molar-refractivity contribution is 6.13. The number of hydrogen-bond donors (Lipinski definition) is 0. The Bertz CT molecular complexity index is 1930. The zero-order valence-electron chi connectivity index (χ0n) is 24.7. The van der Waals surface area contributed by atoms with E-state index in [0.29, 0.717) is 23.5 Å². The number of hydrogen-bond acceptors (Lipinski definition) is 2. The molecule has 5 aromatic carbocycles. The molecule has 0 spiro atoms. The molecule has 3 heteroatoms. The van der Waals surface area contributed by atoms with Crippen molar-refractivity contribution < 1.29 is 0 Å². The Hall–Kier alpha value is -5.54. The predicted molar refractivity (Wildman–Crippen MR) is 186 cm³/mol. The van der Waals surface area contributed by atoms with Crippen LogP contribution in [-0.2, 0) is 0 Å². The average molecular weight is 568 g/mol. The fourth-order valence-electron chi connectivity index (χ4n) is 6.12. The van der Waals surface area contributed by atoms with Gasteiger partial charge >= 0.3 is 0 Å². The minimum Gasteiger partial charge on any atom is -0.333 e. The van der Waals surface area contributed by atoms with E-state index in [1.54, 1.807) is 0 Å². The Morgan fingerprint density at radius 1 is 0.614 bits per heavy atom. The molecule has 1 aliphatic heterocycles. The zero-order valence-corrected chi connectivity index (χ0v) is 24.7. The van der Waals surface area contributed by atoms with Gasteiger partial charge in [-0.05, 0) is 59.0 Å². The number of anilines is 2. The van der Waals surface area contributed by atoms with E-state index < -0.39 is 0 Å². The van der Waals surface area contributed by atoms with Gasteiger partial charge in [0.15, 0.2) is 5.84 Å². The molecule has 5 aromatic rings. The molecule has 7 rings (SSSR count). The summed E-state index contributed by atoms with van der Waals surface area (Å²) in [6, 6.07) is 46.7. The van der Waals surface area contributed by atoms with Crippen LogP contribution in [0.3, 0.4) is 0 Å². The third-order valence-corrected chi connectivity index (χ3v) is 8.37. The highest BCUT2D eigenvalue weighted by atomic mass is 15.2. The molecule has 2 atom stereocenters. The summed E-state index contributed by atoms with van der Waals surface area (Å²) in [7, 11) is 0. The van der Waals surface area contributed by atoms with E-state index in [2.05, 4.69) is 109 Å². The summed E-state index contributed by atoms with van der Waals surface area (Å²) in [5.74, 6) is 1.02. The molecule has 1 aliphatic carbocycles. The van der Waals surface area contributed by atoms with E-state index in [4.69, 9.17) is 9.98 Å². The van der Waals surface area contributed by atoms with Crippen LogP contribution in [0.25, 0.3) is 16.8 Å². The minimum absolute atomic E-state index is 0.295. The Labute approximate surface area is 259 Å². The van der Waals surface area contributed by atoms with Crippen molar-refractivity contribution in [2.45, 2.75) is 18.9 Å². The first kappa shape index (κ1) is 27.3. The number of rotatable bonds is 6. The van der Waals surface area contributed by atoms with Crippen molar-refractivity contribution in [3.8, 4) is 11.1 Å². The van der Waals surface area contributed by atoms with Crippen LogP contribution in [0.2, 0.25) is 0 Å². The Morgan fingerprint density at radius 3 is 2.05 bits per heavy atom. The van der Waals surface area contributed by atoms with Gasteiger partial charge in [0.05, 0.1) is 11.7 Å². The number of para-hydroxylation sites is 1. The lowest BCUT2D eigenvalue weighted by atomic mass is 9.91. The van der Waals surface area contributed by atoms with E-state index >= 15 is 0 Å². The number of fused-ring (bicyclic) bond motifs is 3. The molecule has 0 radical (unpaired) electrons. The van der Waals surface area contributed by atoms with Gasteiger partial charge in [0, 0.05) is 28.6 Å². The molecule has 44 heavy (non-hydrogen) atoms. The molecular weight excluding hydrogens is 534 g/mol. The molecule has 0 saturated heterocycles. The van der Waals surface area contributed by atoms with Crippen LogP contribution in [-0.4, -0.2) is 17.6 Å². The first-order valence-corrected chi connectivity index (χ1v) is 15.0. The standard InChI is InChI=1S/C41H33N3/c1-29(31-14-5-3-6-15-31)42-41(33-16-7-4-8-17-33)43-30(2)34-18-13-19-35(28-34)32-24-26-36(27-25-32)44-39-22-11-9-20-37(39)38-21-10-12-23-40(38)44/h3-28,37,39H,1H2,2H3. The first-order chi connectivity index (χ1) is 21.7. The number of nitrogens with zero attached hydrogens (tertiary/aromatic N) is 3. The van der Waals surface area contributed by atoms with Crippen LogP contribution in [0.1, 0.15) is 35.1 Å². The first-order valence-electron chi connectivity index (χ1n) is 15.0. The van der Waals surface area contributed by atoms with Crippen molar-refractivity contribution in [3.63, 3.8) is 0 Å². The lowest BCUT2D eigenvalue weighted by Crippen LogP contribution is -2.28. The maximum absolute atomic E-state index is 5.03. The molecule has 2 aliphatic rings. The van der Waals surface area contributed by atoms with Crippen molar-refractivity contribution >= 4 is 28.6 Å². The minimum atomic E-state index is 0.295. The van der Waals surface area contributed by atoms with Gasteiger partial charge in [0.25, 0.3) is 0 Å². The summed E-state index contributed by atoms with van der Waals surface area (Å²) in [5, 5.41) is 0. The predicted octanol–water partition coefficient (Wildman–Crippen LogP) is 10.0. The number of allylic oxidation sites excluding steroid dienone is 2. The smallest absolute Gasteiger partial charge is 0.160 e. The molecule has 0 bridgehead atoms. The van der Waals surface area contributed by atoms with Gasteiger partial charge in [-0.3, -0.25) is 0 Å². The van der Waals surface area contributed by atoms with Crippen molar-refractivity contribution in [1.82, 2.24) is 0 Å². The third-order valence-electron chi connectivity index (χ3n) is 8.37. The third kappa shape index (κ3) is 5.36. The van der Waals surface area contributed by atoms with Crippen LogP contribution in [0.4, 0.5) is 11.4 Å². The summed E-state index contributed by atoms with van der Waals surface area (Å²) in [5.41, 5.74) is 10.7. The molecular formula is C41H33N3. The Morgan fingerprint density at radius 2 is 1.27 bits per heavy atom.